The van der Waals surface area contributed by atoms with Crippen LogP contribution in [-0.2, 0) is 21.4 Å². The van der Waals surface area contributed by atoms with Crippen molar-refractivity contribution in [3.8, 4) is 0 Å². The lowest BCUT2D eigenvalue weighted by molar-refractivity contribution is -0.114. The van der Waals surface area contributed by atoms with Crippen molar-refractivity contribution >= 4 is 49.4 Å². The highest BCUT2D eigenvalue weighted by Crippen LogP contribution is 2.29. The van der Waals surface area contributed by atoms with Gasteiger partial charge in [-0.2, -0.15) is 5.10 Å². The van der Waals surface area contributed by atoms with Crippen molar-refractivity contribution in [1.29, 1.82) is 0 Å². The van der Waals surface area contributed by atoms with Crippen molar-refractivity contribution in [2.75, 3.05) is 10.0 Å². The number of hydrogen-bond donors (Lipinski definition) is 2. The average Bonchev–Trinajstić information content (AvgIpc) is 3.03. The van der Waals surface area contributed by atoms with Crippen molar-refractivity contribution in [2.45, 2.75) is 38.6 Å². The molecule has 8 nitrogen and oxygen atoms in total. The number of carbonyl (C=O) groups is 1. The number of para-hydroxylation sites is 1. The first-order chi connectivity index (χ1) is 14.8. The lowest BCUT2D eigenvalue weighted by Crippen LogP contribution is -2.14. The molecule has 2 N–H and O–H groups in total. The quantitative estimate of drug-likeness (QED) is 0.473. The van der Waals surface area contributed by atoms with E-state index in [0.717, 1.165) is 22.9 Å². The van der Waals surface area contributed by atoms with Gasteiger partial charge in [0.1, 0.15) is 0 Å². The molecule has 31 heavy (non-hydrogen) atoms. The van der Waals surface area contributed by atoms with E-state index in [9.17, 15) is 13.2 Å². The molecule has 1 amide bonds. The number of amides is 1. The Balaban J connectivity index is 1.77. The van der Waals surface area contributed by atoms with Crippen LogP contribution < -0.4 is 10.0 Å². The minimum Gasteiger partial charge on any atom is -0.326 e. The first kappa shape index (κ1) is 20.8. The number of fused-ring (bicyclic) bond motifs is 2. The highest BCUT2D eigenvalue weighted by molar-refractivity contribution is 7.92. The van der Waals surface area contributed by atoms with Gasteiger partial charge in [0.25, 0.3) is 10.0 Å². The Morgan fingerprint density at radius 3 is 2.55 bits per heavy atom. The van der Waals surface area contributed by atoms with Crippen LogP contribution >= 0.6 is 0 Å². The highest BCUT2D eigenvalue weighted by atomic mass is 32.2. The smallest absolute Gasteiger partial charge is 0.263 e. The maximum Gasteiger partial charge on any atom is 0.263 e. The third-order valence-electron chi connectivity index (χ3n) is 4.90. The predicted octanol–water partition coefficient (Wildman–Crippen LogP) is 4.06. The van der Waals surface area contributed by atoms with Crippen LogP contribution in [-0.4, -0.2) is 29.1 Å². The summed E-state index contributed by atoms with van der Waals surface area (Å²) in [7, 11) is -3.88. The molecule has 160 valence electrons. The number of sulfonamides is 1. The molecule has 0 aliphatic carbocycles. The summed E-state index contributed by atoms with van der Waals surface area (Å²) >= 11 is 0. The van der Waals surface area contributed by atoms with E-state index in [-0.39, 0.29) is 16.6 Å². The molecule has 0 unspecified atom stereocenters. The van der Waals surface area contributed by atoms with Gasteiger partial charge in [-0.1, -0.05) is 25.1 Å². The fraction of sp³-hybridized carbons (Fsp3) is 0.227. The van der Waals surface area contributed by atoms with Gasteiger partial charge in [0.2, 0.25) is 5.91 Å². The summed E-state index contributed by atoms with van der Waals surface area (Å²) in [5, 5.41) is 8.69. The Bertz CT molecular complexity index is 1390. The molecular formula is C22H23N5O3S. The zero-order valence-corrected chi connectivity index (χ0v) is 18.3. The Morgan fingerprint density at radius 2 is 1.87 bits per heavy atom. The summed E-state index contributed by atoms with van der Waals surface area (Å²) in [6.07, 6.45) is 0.834. The number of pyridine rings is 1. The van der Waals surface area contributed by atoms with Gasteiger partial charge < -0.3 is 5.32 Å². The van der Waals surface area contributed by atoms with E-state index in [2.05, 4.69) is 15.1 Å². The van der Waals surface area contributed by atoms with Crippen LogP contribution in [0, 0.1) is 6.92 Å². The summed E-state index contributed by atoms with van der Waals surface area (Å²) in [4.78, 5) is 16.0. The molecule has 0 atom stereocenters. The Kier molecular flexibility index (Phi) is 5.36. The van der Waals surface area contributed by atoms with Crippen LogP contribution in [0.25, 0.3) is 21.9 Å². The third kappa shape index (κ3) is 4.09. The van der Waals surface area contributed by atoms with Crippen molar-refractivity contribution < 1.29 is 13.2 Å². The molecular weight excluding hydrogens is 414 g/mol. The van der Waals surface area contributed by atoms with Crippen LogP contribution in [0.2, 0.25) is 0 Å². The molecule has 0 fully saturated rings. The summed E-state index contributed by atoms with van der Waals surface area (Å²) in [5.74, 6) is 0.0157. The minimum atomic E-state index is -3.88. The van der Waals surface area contributed by atoms with Crippen molar-refractivity contribution in [3.63, 3.8) is 0 Å². The largest absolute Gasteiger partial charge is 0.326 e. The standard InChI is InChI=1S/C22H23N5O3S/c1-4-12-27-22-19(13-16-7-5-6-14(2)20(16)24-22)21(25-27)26-31(29,30)18-10-8-17(9-11-18)23-15(3)28/h5-11,13H,4,12H2,1-3H3,(H,23,28)(H,25,26). The van der Waals surface area contributed by atoms with Gasteiger partial charge in [-0.15, -0.1) is 0 Å². The zero-order valence-electron chi connectivity index (χ0n) is 17.5. The SMILES string of the molecule is CCCn1nc(NS(=O)(=O)c2ccc(NC(C)=O)cc2)c2cc3cccc(C)c3nc21. The average molecular weight is 438 g/mol. The lowest BCUT2D eigenvalue weighted by atomic mass is 10.1. The second-order valence-electron chi connectivity index (χ2n) is 7.39. The van der Waals surface area contributed by atoms with Crippen LogP contribution in [0.15, 0.2) is 53.4 Å². The number of aromatic nitrogens is 3. The van der Waals surface area contributed by atoms with E-state index in [1.807, 2.05) is 38.1 Å². The molecule has 0 saturated heterocycles. The molecule has 0 radical (unpaired) electrons. The zero-order chi connectivity index (χ0) is 22.2. The number of carbonyl (C=O) groups excluding carboxylic acids is 1. The van der Waals surface area contributed by atoms with E-state index in [0.29, 0.717) is 23.3 Å². The molecule has 4 aromatic rings. The summed E-state index contributed by atoms with van der Waals surface area (Å²) in [6.45, 7) is 6.04. The Labute approximate surface area is 180 Å². The predicted molar refractivity (Wildman–Crippen MR) is 122 cm³/mol. The van der Waals surface area contributed by atoms with E-state index in [1.165, 1.54) is 19.1 Å². The first-order valence-electron chi connectivity index (χ1n) is 9.96. The van der Waals surface area contributed by atoms with Crippen LogP contribution in [0.1, 0.15) is 25.8 Å². The second-order valence-corrected chi connectivity index (χ2v) is 9.07. The maximum absolute atomic E-state index is 13.0. The van der Waals surface area contributed by atoms with E-state index in [4.69, 9.17) is 4.98 Å². The van der Waals surface area contributed by atoms with Crippen LogP contribution in [0.4, 0.5) is 11.5 Å². The monoisotopic (exact) mass is 437 g/mol. The molecule has 0 aliphatic heterocycles. The highest BCUT2D eigenvalue weighted by Gasteiger charge is 2.20. The van der Waals surface area contributed by atoms with Crippen LogP contribution in [0.5, 0.6) is 0 Å². The van der Waals surface area contributed by atoms with Crippen molar-refractivity contribution in [2.24, 2.45) is 0 Å². The van der Waals surface area contributed by atoms with Gasteiger partial charge in [0.05, 0.1) is 15.8 Å². The van der Waals surface area contributed by atoms with Gasteiger partial charge in [-0.25, -0.2) is 18.1 Å². The number of rotatable bonds is 6. The number of anilines is 2. The summed E-state index contributed by atoms with van der Waals surface area (Å²) in [6, 6.07) is 13.8. The molecule has 2 aromatic carbocycles. The van der Waals surface area contributed by atoms with Crippen molar-refractivity contribution in [3.05, 3.63) is 54.1 Å². The Morgan fingerprint density at radius 1 is 1.13 bits per heavy atom. The number of nitrogens with zero attached hydrogens (tertiary/aromatic N) is 3. The molecule has 0 bridgehead atoms. The van der Waals surface area contributed by atoms with E-state index < -0.39 is 10.0 Å². The number of aryl methyl sites for hydroxylation is 2. The molecule has 9 heteroatoms. The first-order valence-corrected chi connectivity index (χ1v) is 11.4. The van der Waals surface area contributed by atoms with Gasteiger partial charge >= 0.3 is 0 Å². The van der Waals surface area contributed by atoms with Gasteiger partial charge in [-0.3, -0.25) is 9.52 Å². The number of hydrogen-bond acceptors (Lipinski definition) is 5. The Hall–Kier alpha value is -3.46. The van der Waals surface area contributed by atoms with Crippen molar-refractivity contribution in [1.82, 2.24) is 14.8 Å². The minimum absolute atomic E-state index is 0.0735. The molecule has 0 spiro atoms. The number of benzene rings is 2. The topological polar surface area (TPSA) is 106 Å². The van der Waals surface area contributed by atoms with Gasteiger partial charge in [-0.05, 0) is 49.2 Å². The number of nitrogens with one attached hydrogen (secondary N) is 2. The molecule has 0 saturated carbocycles. The molecule has 4 rings (SSSR count). The second kappa shape index (κ2) is 7.99. The lowest BCUT2D eigenvalue weighted by Gasteiger charge is -2.08. The van der Waals surface area contributed by atoms with Crippen LogP contribution in [0.3, 0.4) is 0 Å². The molecule has 2 heterocycles. The van der Waals surface area contributed by atoms with E-state index >= 15 is 0 Å². The van der Waals surface area contributed by atoms with Gasteiger partial charge in [0.15, 0.2) is 11.5 Å². The molecule has 2 aromatic heterocycles. The maximum atomic E-state index is 13.0. The van der Waals surface area contributed by atoms with E-state index in [1.54, 1.807) is 16.8 Å². The molecule has 0 aliphatic rings. The fourth-order valence-corrected chi connectivity index (χ4v) is 4.50. The fourth-order valence-electron chi connectivity index (χ4n) is 3.48. The summed E-state index contributed by atoms with van der Waals surface area (Å²) < 4.78 is 30.3. The van der Waals surface area contributed by atoms with Gasteiger partial charge in [0, 0.05) is 24.5 Å². The summed E-state index contributed by atoms with van der Waals surface area (Å²) in [5.41, 5.74) is 3.08. The third-order valence-corrected chi connectivity index (χ3v) is 6.25. The normalized spacial score (nSPS) is 11.7.